The molecule has 0 aliphatic carbocycles. The number of benzene rings is 1. The quantitative estimate of drug-likeness (QED) is 0.754. The molecule has 1 amide bonds. The maximum absolute atomic E-state index is 10.9. The van der Waals surface area contributed by atoms with Crippen LogP contribution < -0.4 is 4.74 Å². The Labute approximate surface area is 90.7 Å². The number of nitrogens with zero attached hydrogens (tertiary/aromatic N) is 1. The zero-order chi connectivity index (χ0) is 11.3. The Balaban J connectivity index is 2.32. The summed E-state index contributed by atoms with van der Waals surface area (Å²) in [5, 5.41) is 0. The molecule has 0 aliphatic rings. The van der Waals surface area contributed by atoms with Crippen LogP contribution in [0, 0.1) is 6.92 Å². The molecule has 3 heteroatoms. The lowest BCUT2D eigenvalue weighted by molar-refractivity contribution is -0.127. The molecule has 0 bridgehead atoms. The van der Waals surface area contributed by atoms with Gasteiger partial charge >= 0.3 is 0 Å². The van der Waals surface area contributed by atoms with Gasteiger partial charge in [0.05, 0.1) is 6.54 Å². The van der Waals surface area contributed by atoms with Gasteiger partial charge in [0.15, 0.2) is 0 Å². The van der Waals surface area contributed by atoms with E-state index in [9.17, 15) is 4.79 Å². The van der Waals surface area contributed by atoms with Crippen LogP contribution in [0.5, 0.6) is 5.75 Å². The molecule has 0 unspecified atom stereocenters. The lowest BCUT2D eigenvalue weighted by Gasteiger charge is -2.15. The summed E-state index contributed by atoms with van der Waals surface area (Å²) in [6, 6.07) is 7.88. The molecular weight excluding hydrogens is 190 g/mol. The fourth-order valence-corrected chi connectivity index (χ4v) is 1.09. The first-order chi connectivity index (χ1) is 7.09. The summed E-state index contributed by atoms with van der Waals surface area (Å²) in [5.74, 6) is 0.903. The topological polar surface area (TPSA) is 29.5 Å². The minimum Gasteiger partial charge on any atom is -0.492 e. The predicted octanol–water partition coefficient (Wildman–Crippen LogP) is 1.85. The van der Waals surface area contributed by atoms with Crippen LogP contribution in [0.15, 0.2) is 24.3 Å². The minimum atomic E-state index is 0.0579. The Kier molecular flexibility index (Phi) is 4.16. The third-order valence-corrected chi connectivity index (χ3v) is 2.25. The largest absolute Gasteiger partial charge is 0.492 e. The maximum Gasteiger partial charge on any atom is 0.219 e. The molecule has 0 aromatic heterocycles. The SMILES string of the molecule is CC(=O)N(C)CCOc1ccc(C)cc1. The van der Waals surface area contributed by atoms with Crippen molar-refractivity contribution in [2.75, 3.05) is 20.2 Å². The summed E-state index contributed by atoms with van der Waals surface area (Å²) in [6.07, 6.45) is 0. The van der Waals surface area contributed by atoms with E-state index in [1.165, 1.54) is 5.56 Å². The Hall–Kier alpha value is -1.51. The Morgan fingerprint density at radius 3 is 2.47 bits per heavy atom. The van der Waals surface area contributed by atoms with Crippen molar-refractivity contribution in [2.45, 2.75) is 13.8 Å². The molecule has 0 atom stereocenters. The van der Waals surface area contributed by atoms with Crippen molar-refractivity contribution in [3.8, 4) is 5.75 Å². The molecule has 3 nitrogen and oxygen atoms in total. The van der Waals surface area contributed by atoms with E-state index in [0.29, 0.717) is 13.2 Å². The smallest absolute Gasteiger partial charge is 0.219 e. The highest BCUT2D eigenvalue weighted by Crippen LogP contribution is 2.10. The molecule has 0 radical (unpaired) electrons. The summed E-state index contributed by atoms with van der Waals surface area (Å²) in [7, 11) is 1.76. The van der Waals surface area contributed by atoms with E-state index in [1.807, 2.05) is 31.2 Å². The average Bonchev–Trinajstić information content (AvgIpc) is 2.20. The highest BCUT2D eigenvalue weighted by Gasteiger charge is 2.01. The highest BCUT2D eigenvalue weighted by atomic mass is 16.5. The van der Waals surface area contributed by atoms with E-state index in [4.69, 9.17) is 4.74 Å². The first-order valence-electron chi connectivity index (χ1n) is 5.01. The van der Waals surface area contributed by atoms with E-state index in [0.717, 1.165) is 5.75 Å². The molecule has 1 rings (SSSR count). The Bertz CT molecular complexity index is 319. The van der Waals surface area contributed by atoms with E-state index >= 15 is 0 Å². The Morgan fingerprint density at radius 1 is 1.33 bits per heavy atom. The lowest BCUT2D eigenvalue weighted by Crippen LogP contribution is -2.28. The van der Waals surface area contributed by atoms with Gasteiger partial charge in [0, 0.05) is 14.0 Å². The molecule has 1 aromatic rings. The number of carbonyl (C=O) groups excluding carboxylic acids is 1. The third-order valence-electron chi connectivity index (χ3n) is 2.25. The van der Waals surface area contributed by atoms with Crippen LogP contribution in [0.25, 0.3) is 0 Å². The standard InChI is InChI=1S/C12H17NO2/c1-10-4-6-12(7-5-10)15-9-8-13(3)11(2)14/h4-7H,8-9H2,1-3H3. The normalized spacial score (nSPS) is 9.80. The second-order valence-corrected chi connectivity index (χ2v) is 3.60. The van der Waals surface area contributed by atoms with Gasteiger partial charge in [-0.25, -0.2) is 0 Å². The molecule has 0 saturated carbocycles. The van der Waals surface area contributed by atoms with Gasteiger partial charge in [0.2, 0.25) is 5.91 Å². The number of aryl methyl sites for hydroxylation is 1. The summed E-state index contributed by atoms with van der Waals surface area (Å²) < 4.78 is 5.49. The van der Waals surface area contributed by atoms with Crippen molar-refractivity contribution in [3.05, 3.63) is 29.8 Å². The summed E-state index contributed by atoms with van der Waals surface area (Å²) in [4.78, 5) is 12.5. The van der Waals surface area contributed by atoms with Crippen molar-refractivity contribution in [3.63, 3.8) is 0 Å². The van der Waals surface area contributed by atoms with Gasteiger partial charge in [-0.2, -0.15) is 0 Å². The van der Waals surface area contributed by atoms with E-state index in [2.05, 4.69) is 0 Å². The number of ether oxygens (including phenoxy) is 1. The molecule has 1 aromatic carbocycles. The zero-order valence-corrected chi connectivity index (χ0v) is 9.49. The number of hydrogen-bond donors (Lipinski definition) is 0. The molecular formula is C12H17NO2. The van der Waals surface area contributed by atoms with Gasteiger partial charge in [-0.1, -0.05) is 17.7 Å². The monoisotopic (exact) mass is 207 g/mol. The van der Waals surface area contributed by atoms with Crippen molar-refractivity contribution in [1.82, 2.24) is 4.90 Å². The molecule has 0 saturated heterocycles. The first kappa shape index (κ1) is 11.6. The van der Waals surface area contributed by atoms with Gasteiger partial charge in [0.25, 0.3) is 0 Å². The Morgan fingerprint density at radius 2 is 1.93 bits per heavy atom. The molecule has 0 heterocycles. The summed E-state index contributed by atoms with van der Waals surface area (Å²) >= 11 is 0. The lowest BCUT2D eigenvalue weighted by atomic mass is 10.2. The second-order valence-electron chi connectivity index (χ2n) is 3.60. The zero-order valence-electron chi connectivity index (χ0n) is 9.49. The average molecular weight is 207 g/mol. The van der Waals surface area contributed by atoms with Gasteiger partial charge in [-0.3, -0.25) is 4.79 Å². The highest BCUT2D eigenvalue weighted by molar-refractivity contribution is 5.72. The van der Waals surface area contributed by atoms with Crippen LogP contribution in [-0.2, 0) is 4.79 Å². The number of likely N-dealkylation sites (N-methyl/N-ethyl adjacent to an activating group) is 1. The van der Waals surface area contributed by atoms with Crippen molar-refractivity contribution in [2.24, 2.45) is 0 Å². The van der Waals surface area contributed by atoms with Crippen molar-refractivity contribution >= 4 is 5.91 Å². The molecule has 0 aliphatic heterocycles. The maximum atomic E-state index is 10.9. The second kappa shape index (κ2) is 5.39. The van der Waals surface area contributed by atoms with Crippen LogP contribution in [0.3, 0.4) is 0 Å². The molecule has 15 heavy (non-hydrogen) atoms. The number of amides is 1. The van der Waals surface area contributed by atoms with E-state index < -0.39 is 0 Å². The van der Waals surface area contributed by atoms with Crippen molar-refractivity contribution in [1.29, 1.82) is 0 Å². The van der Waals surface area contributed by atoms with Crippen LogP contribution in [-0.4, -0.2) is 31.0 Å². The number of hydrogen-bond acceptors (Lipinski definition) is 2. The van der Waals surface area contributed by atoms with Gasteiger partial charge in [0.1, 0.15) is 12.4 Å². The van der Waals surface area contributed by atoms with Gasteiger partial charge < -0.3 is 9.64 Å². The molecule has 0 N–H and O–H groups in total. The molecule has 0 fully saturated rings. The number of carbonyl (C=O) groups is 1. The van der Waals surface area contributed by atoms with E-state index in [1.54, 1.807) is 18.9 Å². The fourth-order valence-electron chi connectivity index (χ4n) is 1.09. The first-order valence-corrected chi connectivity index (χ1v) is 5.01. The summed E-state index contributed by atoms with van der Waals surface area (Å²) in [6.45, 7) is 4.72. The molecule has 82 valence electrons. The number of rotatable bonds is 4. The van der Waals surface area contributed by atoms with Crippen LogP contribution in [0.4, 0.5) is 0 Å². The third kappa shape index (κ3) is 4.02. The molecule has 0 spiro atoms. The van der Waals surface area contributed by atoms with Crippen LogP contribution in [0.2, 0.25) is 0 Å². The van der Waals surface area contributed by atoms with Gasteiger partial charge in [-0.05, 0) is 19.1 Å². The predicted molar refractivity (Wildman–Crippen MR) is 60.0 cm³/mol. The van der Waals surface area contributed by atoms with E-state index in [-0.39, 0.29) is 5.91 Å². The van der Waals surface area contributed by atoms with Crippen LogP contribution >= 0.6 is 0 Å². The van der Waals surface area contributed by atoms with Crippen LogP contribution in [0.1, 0.15) is 12.5 Å². The minimum absolute atomic E-state index is 0.0579. The van der Waals surface area contributed by atoms with Crippen molar-refractivity contribution < 1.29 is 9.53 Å². The van der Waals surface area contributed by atoms with Gasteiger partial charge in [-0.15, -0.1) is 0 Å². The summed E-state index contributed by atoms with van der Waals surface area (Å²) in [5.41, 5.74) is 1.21. The fraction of sp³-hybridized carbons (Fsp3) is 0.417.